The van der Waals surface area contributed by atoms with Gasteiger partial charge in [-0.25, -0.2) is 0 Å². The molecule has 5 rings (SSSR count). The molecule has 2 heterocycles. The normalized spacial score (nSPS) is 11.2. The second-order valence-electron chi connectivity index (χ2n) is 7.49. The van der Waals surface area contributed by atoms with E-state index >= 15 is 0 Å². The highest BCUT2D eigenvalue weighted by atomic mass is 35.5. The van der Waals surface area contributed by atoms with Crippen molar-refractivity contribution in [2.24, 2.45) is 0 Å². The van der Waals surface area contributed by atoms with Crippen molar-refractivity contribution in [1.29, 1.82) is 0 Å². The molecule has 34 heavy (non-hydrogen) atoms. The smallest absolute Gasteiger partial charge is 0.299 e. The lowest BCUT2D eigenvalue weighted by molar-refractivity contribution is 0.0995. The van der Waals surface area contributed by atoms with Crippen molar-refractivity contribution in [1.82, 2.24) is 14.7 Å². The van der Waals surface area contributed by atoms with E-state index < -0.39 is 5.78 Å². The molecule has 0 aliphatic rings. The Balaban J connectivity index is 1.62. The first-order valence-corrected chi connectivity index (χ1v) is 11.3. The quantitative estimate of drug-likeness (QED) is 0.230. The minimum absolute atomic E-state index is 0.160. The first-order chi connectivity index (χ1) is 16.5. The number of carbonyl (C=O) groups excluding carboxylic acids is 1. The van der Waals surface area contributed by atoms with Crippen molar-refractivity contribution >= 4 is 51.5 Å². The summed E-state index contributed by atoms with van der Waals surface area (Å²) >= 11 is 19.2. The fourth-order valence-corrected chi connectivity index (χ4v) is 4.55. The van der Waals surface area contributed by atoms with Crippen LogP contribution in [0.25, 0.3) is 22.3 Å². The largest absolute Gasteiger partial charge is 0.497 e. The molecule has 0 saturated carbocycles. The Morgan fingerprint density at radius 2 is 1.82 bits per heavy atom. The van der Waals surface area contributed by atoms with Gasteiger partial charge in [0.25, 0.3) is 11.7 Å². The molecule has 0 bridgehead atoms. The monoisotopic (exact) mass is 511 g/mol. The number of ether oxygens (including phenoxy) is 1. The molecule has 170 valence electrons. The topological polar surface area (TPSA) is 70.2 Å². The van der Waals surface area contributed by atoms with Crippen LogP contribution in [0.4, 0.5) is 0 Å². The average molecular weight is 513 g/mol. The summed E-state index contributed by atoms with van der Waals surface area (Å²) < 4.78 is 12.5. The Morgan fingerprint density at radius 1 is 1.03 bits per heavy atom. The Bertz CT molecular complexity index is 1530. The first kappa shape index (κ1) is 22.5. The third-order valence-corrected chi connectivity index (χ3v) is 6.41. The maximum atomic E-state index is 13.5. The fourth-order valence-electron chi connectivity index (χ4n) is 3.75. The molecule has 0 radical (unpaired) electrons. The van der Waals surface area contributed by atoms with E-state index in [1.807, 2.05) is 42.5 Å². The van der Waals surface area contributed by atoms with E-state index in [1.54, 1.807) is 35.9 Å². The highest BCUT2D eigenvalue weighted by molar-refractivity contribution is 6.37. The molecule has 0 unspecified atom stereocenters. The van der Waals surface area contributed by atoms with E-state index in [-0.39, 0.29) is 16.6 Å². The van der Waals surface area contributed by atoms with Gasteiger partial charge in [0.15, 0.2) is 0 Å². The van der Waals surface area contributed by atoms with Gasteiger partial charge in [-0.1, -0.05) is 76.4 Å². The average Bonchev–Trinajstić information content (AvgIpc) is 3.44. The second kappa shape index (κ2) is 9.14. The summed E-state index contributed by atoms with van der Waals surface area (Å²) in [6, 6.07) is 19.9. The number of fused-ring (bicyclic) bond motifs is 1. The number of halogens is 3. The molecule has 0 amide bonds. The predicted octanol–water partition coefficient (Wildman–Crippen LogP) is 6.94. The highest BCUT2D eigenvalue weighted by Crippen LogP contribution is 2.36. The lowest BCUT2D eigenvalue weighted by Gasteiger charge is -2.10. The Hall–Kier alpha value is -3.32. The second-order valence-corrected chi connectivity index (χ2v) is 8.69. The molecule has 0 N–H and O–H groups in total. The molecule has 0 aliphatic carbocycles. The number of aromatic nitrogens is 3. The minimum Gasteiger partial charge on any atom is -0.497 e. The molecule has 0 aliphatic heterocycles. The van der Waals surface area contributed by atoms with Gasteiger partial charge in [0.05, 0.1) is 24.7 Å². The molecule has 0 atom stereocenters. The Labute approximate surface area is 209 Å². The Morgan fingerprint density at radius 3 is 2.56 bits per heavy atom. The molecule has 6 nitrogen and oxygen atoms in total. The summed E-state index contributed by atoms with van der Waals surface area (Å²) in [6.45, 7) is 0.323. The maximum absolute atomic E-state index is 13.5. The van der Waals surface area contributed by atoms with Crippen molar-refractivity contribution < 1.29 is 14.1 Å². The summed E-state index contributed by atoms with van der Waals surface area (Å²) in [6.07, 6.45) is 0. The molecule has 0 saturated heterocycles. The molecular weight excluding hydrogens is 497 g/mol. The van der Waals surface area contributed by atoms with E-state index in [9.17, 15) is 4.79 Å². The van der Waals surface area contributed by atoms with Crippen LogP contribution in [0.15, 0.2) is 71.3 Å². The van der Waals surface area contributed by atoms with Crippen LogP contribution in [0.5, 0.6) is 5.75 Å². The number of hydrogen-bond donors (Lipinski definition) is 0. The van der Waals surface area contributed by atoms with Gasteiger partial charge in [0, 0.05) is 21.0 Å². The number of rotatable bonds is 6. The third-order valence-electron chi connectivity index (χ3n) is 5.43. The number of hydrogen-bond acceptors (Lipinski definition) is 5. The van der Waals surface area contributed by atoms with E-state index in [0.717, 1.165) is 16.6 Å². The van der Waals surface area contributed by atoms with Crippen LogP contribution in [-0.4, -0.2) is 27.6 Å². The van der Waals surface area contributed by atoms with Gasteiger partial charge in [0.2, 0.25) is 5.82 Å². The molecule has 0 spiro atoms. The van der Waals surface area contributed by atoms with E-state index in [2.05, 4.69) is 10.1 Å². The zero-order valence-corrected chi connectivity index (χ0v) is 20.0. The summed E-state index contributed by atoms with van der Waals surface area (Å²) in [7, 11) is 1.55. The van der Waals surface area contributed by atoms with Crippen molar-refractivity contribution in [3.05, 3.63) is 98.9 Å². The lowest BCUT2D eigenvalue weighted by atomic mass is 10.1. The number of ketones is 1. The number of carbonyl (C=O) groups is 1. The zero-order valence-electron chi connectivity index (χ0n) is 17.8. The van der Waals surface area contributed by atoms with Gasteiger partial charge in [-0.3, -0.25) is 4.79 Å². The number of methoxy groups -OCH3 is 1. The van der Waals surface area contributed by atoms with Gasteiger partial charge in [-0.15, -0.1) is 0 Å². The van der Waals surface area contributed by atoms with E-state index in [1.165, 1.54) is 0 Å². The van der Waals surface area contributed by atoms with Gasteiger partial charge < -0.3 is 13.8 Å². The molecular formula is C25H16Cl3N3O3. The van der Waals surface area contributed by atoms with E-state index in [4.69, 9.17) is 44.1 Å². The standard InChI is InChI=1S/C25H16Cl3N3O3/c1-33-17-9-10-20-18(12-17)21(23(28)31(20)13-15-7-8-16(26)11-19(15)27)22(32)25-29-24(30-34-25)14-5-3-2-4-6-14/h2-12H,13H2,1H3. The zero-order chi connectivity index (χ0) is 23.8. The Kier molecular flexibility index (Phi) is 6.04. The fraction of sp³-hybridized carbons (Fsp3) is 0.0800. The number of benzene rings is 3. The summed E-state index contributed by atoms with van der Waals surface area (Å²) in [5, 5.41) is 5.80. The molecule has 9 heteroatoms. The van der Waals surface area contributed by atoms with Crippen molar-refractivity contribution in [2.45, 2.75) is 6.54 Å². The summed E-state index contributed by atoms with van der Waals surface area (Å²) in [5.74, 6) is 0.246. The van der Waals surface area contributed by atoms with Crippen molar-refractivity contribution in [3.63, 3.8) is 0 Å². The SMILES string of the molecule is COc1ccc2c(c1)c(C(=O)c1nc(-c3ccccc3)no1)c(Cl)n2Cc1ccc(Cl)cc1Cl. The van der Waals surface area contributed by atoms with Crippen LogP contribution >= 0.6 is 34.8 Å². The van der Waals surface area contributed by atoms with Crippen LogP contribution in [0, 0.1) is 0 Å². The maximum Gasteiger partial charge on any atom is 0.299 e. The van der Waals surface area contributed by atoms with Gasteiger partial charge in [-0.2, -0.15) is 4.98 Å². The first-order valence-electron chi connectivity index (χ1n) is 10.2. The third kappa shape index (κ3) is 4.05. The predicted molar refractivity (Wildman–Crippen MR) is 132 cm³/mol. The van der Waals surface area contributed by atoms with Crippen molar-refractivity contribution in [2.75, 3.05) is 7.11 Å². The lowest BCUT2D eigenvalue weighted by Crippen LogP contribution is -2.04. The molecule has 0 fully saturated rings. The summed E-state index contributed by atoms with van der Waals surface area (Å²) in [5.41, 5.74) is 2.49. The molecule has 5 aromatic rings. The van der Waals surface area contributed by atoms with Gasteiger partial charge in [0.1, 0.15) is 10.9 Å². The van der Waals surface area contributed by atoms with Crippen LogP contribution in [0.1, 0.15) is 21.8 Å². The van der Waals surface area contributed by atoms with E-state index in [0.29, 0.717) is 33.6 Å². The minimum atomic E-state index is -0.487. The van der Waals surface area contributed by atoms with Crippen LogP contribution in [0.3, 0.4) is 0 Å². The highest BCUT2D eigenvalue weighted by Gasteiger charge is 2.27. The molecule has 3 aromatic carbocycles. The summed E-state index contributed by atoms with van der Waals surface area (Å²) in [4.78, 5) is 17.8. The van der Waals surface area contributed by atoms with Crippen molar-refractivity contribution in [3.8, 4) is 17.1 Å². The van der Waals surface area contributed by atoms with Crippen LogP contribution < -0.4 is 4.74 Å². The van der Waals surface area contributed by atoms with Crippen LogP contribution in [0.2, 0.25) is 15.2 Å². The van der Waals surface area contributed by atoms with Gasteiger partial charge in [-0.05, 0) is 35.9 Å². The van der Waals surface area contributed by atoms with Gasteiger partial charge >= 0.3 is 0 Å². The number of nitrogens with zero attached hydrogens (tertiary/aromatic N) is 3. The van der Waals surface area contributed by atoms with Crippen LogP contribution in [-0.2, 0) is 6.54 Å². The molecule has 2 aromatic heterocycles.